The molecule has 0 bridgehead atoms. The van der Waals surface area contributed by atoms with Gasteiger partial charge in [-0.25, -0.2) is 0 Å². The summed E-state index contributed by atoms with van der Waals surface area (Å²) in [5.74, 6) is 1.06. The number of hydrogen-bond acceptors (Lipinski definition) is 3. The van der Waals surface area contributed by atoms with Gasteiger partial charge in [0.05, 0.1) is 25.5 Å². The molecule has 1 aromatic carbocycles. The highest BCUT2D eigenvalue weighted by Gasteiger charge is 2.11. The summed E-state index contributed by atoms with van der Waals surface area (Å²) in [7, 11) is 4.99. The van der Waals surface area contributed by atoms with Gasteiger partial charge < -0.3 is 19.4 Å². The molecule has 0 aliphatic carbocycles. The van der Waals surface area contributed by atoms with Crippen LogP contribution in [0.1, 0.15) is 10.4 Å². The summed E-state index contributed by atoms with van der Waals surface area (Å²) in [6.07, 6.45) is 3.57. The fourth-order valence-corrected chi connectivity index (χ4v) is 1.74. The minimum absolute atomic E-state index is 0.188. The standard InChI is InChI=1S/C14H16N2O3/c1-16-7-6-10(9-16)14(17)15-12-8-11(18-2)4-5-13(12)19-3/h4-9H,1-3H3,(H,15,17). The van der Waals surface area contributed by atoms with E-state index in [1.807, 2.05) is 17.8 Å². The number of carbonyl (C=O) groups is 1. The smallest absolute Gasteiger partial charge is 0.257 e. The Kier molecular flexibility index (Phi) is 3.75. The maximum atomic E-state index is 12.1. The molecular weight excluding hydrogens is 244 g/mol. The van der Waals surface area contributed by atoms with Crippen LogP contribution in [0, 0.1) is 0 Å². The summed E-state index contributed by atoms with van der Waals surface area (Å²) in [5.41, 5.74) is 1.17. The summed E-state index contributed by atoms with van der Waals surface area (Å²) < 4.78 is 12.2. The van der Waals surface area contributed by atoms with Crippen LogP contribution >= 0.6 is 0 Å². The van der Waals surface area contributed by atoms with Crippen LogP contribution in [0.3, 0.4) is 0 Å². The molecule has 0 radical (unpaired) electrons. The minimum atomic E-state index is -0.188. The van der Waals surface area contributed by atoms with Crippen molar-refractivity contribution in [3.8, 4) is 11.5 Å². The van der Waals surface area contributed by atoms with Gasteiger partial charge in [0.25, 0.3) is 5.91 Å². The quantitative estimate of drug-likeness (QED) is 0.917. The van der Waals surface area contributed by atoms with Crippen LogP contribution in [0.4, 0.5) is 5.69 Å². The van der Waals surface area contributed by atoms with E-state index in [-0.39, 0.29) is 5.91 Å². The van der Waals surface area contributed by atoms with E-state index in [2.05, 4.69) is 5.32 Å². The van der Waals surface area contributed by atoms with Crippen LogP contribution < -0.4 is 14.8 Å². The Morgan fingerprint density at radius 3 is 2.58 bits per heavy atom. The second-order valence-corrected chi connectivity index (χ2v) is 4.09. The number of nitrogens with one attached hydrogen (secondary N) is 1. The summed E-state index contributed by atoms with van der Waals surface area (Å²) in [6.45, 7) is 0. The predicted octanol–water partition coefficient (Wildman–Crippen LogP) is 2.29. The first kappa shape index (κ1) is 13.0. The molecule has 5 heteroatoms. The third-order valence-corrected chi connectivity index (χ3v) is 2.75. The molecular formula is C14H16N2O3. The monoisotopic (exact) mass is 260 g/mol. The van der Waals surface area contributed by atoms with Gasteiger partial charge >= 0.3 is 0 Å². The van der Waals surface area contributed by atoms with Crippen LogP contribution in [0.2, 0.25) is 0 Å². The highest BCUT2D eigenvalue weighted by molar-refractivity contribution is 6.05. The predicted molar refractivity (Wildman–Crippen MR) is 72.9 cm³/mol. The lowest BCUT2D eigenvalue weighted by molar-refractivity contribution is 0.102. The molecule has 2 rings (SSSR count). The van der Waals surface area contributed by atoms with Crippen LogP contribution in [0.5, 0.6) is 11.5 Å². The molecule has 1 aromatic heterocycles. The third kappa shape index (κ3) is 2.88. The second-order valence-electron chi connectivity index (χ2n) is 4.09. The van der Waals surface area contributed by atoms with E-state index in [1.54, 1.807) is 44.7 Å². The summed E-state index contributed by atoms with van der Waals surface area (Å²) in [4.78, 5) is 12.1. The molecule has 0 fully saturated rings. The molecule has 0 saturated heterocycles. The summed E-state index contributed by atoms with van der Waals surface area (Å²) in [6, 6.07) is 7.00. The van der Waals surface area contributed by atoms with E-state index in [4.69, 9.17) is 9.47 Å². The van der Waals surface area contributed by atoms with Gasteiger partial charge in [-0.2, -0.15) is 0 Å². The molecule has 1 heterocycles. The Morgan fingerprint density at radius 1 is 1.21 bits per heavy atom. The van der Waals surface area contributed by atoms with Gasteiger partial charge in [-0.05, 0) is 18.2 Å². The molecule has 0 aliphatic rings. The highest BCUT2D eigenvalue weighted by Crippen LogP contribution is 2.29. The lowest BCUT2D eigenvalue weighted by Crippen LogP contribution is -2.12. The Bertz CT molecular complexity index is 590. The molecule has 0 atom stereocenters. The average Bonchev–Trinajstić information content (AvgIpc) is 2.85. The zero-order valence-electron chi connectivity index (χ0n) is 11.1. The van der Waals surface area contributed by atoms with Gasteiger partial charge in [0, 0.05) is 25.5 Å². The molecule has 0 spiro atoms. The minimum Gasteiger partial charge on any atom is -0.497 e. The zero-order chi connectivity index (χ0) is 13.8. The number of carbonyl (C=O) groups excluding carboxylic acids is 1. The molecule has 0 aliphatic heterocycles. The van der Waals surface area contributed by atoms with Gasteiger partial charge in [-0.3, -0.25) is 4.79 Å². The first-order chi connectivity index (χ1) is 9.13. The van der Waals surface area contributed by atoms with Crippen LogP contribution in [0.15, 0.2) is 36.7 Å². The number of nitrogens with zero attached hydrogens (tertiary/aromatic N) is 1. The van der Waals surface area contributed by atoms with Crippen LogP contribution in [-0.4, -0.2) is 24.7 Å². The topological polar surface area (TPSA) is 52.5 Å². The van der Waals surface area contributed by atoms with Crippen molar-refractivity contribution in [2.45, 2.75) is 0 Å². The van der Waals surface area contributed by atoms with Gasteiger partial charge in [0.2, 0.25) is 0 Å². The molecule has 100 valence electrons. The van der Waals surface area contributed by atoms with E-state index < -0.39 is 0 Å². The maximum absolute atomic E-state index is 12.1. The van der Waals surface area contributed by atoms with Crippen molar-refractivity contribution in [1.29, 1.82) is 0 Å². The lowest BCUT2D eigenvalue weighted by atomic mass is 10.2. The number of benzene rings is 1. The number of hydrogen-bond donors (Lipinski definition) is 1. The van der Waals surface area contributed by atoms with Gasteiger partial charge in [0.1, 0.15) is 11.5 Å². The Morgan fingerprint density at radius 2 is 2.00 bits per heavy atom. The number of aromatic nitrogens is 1. The van der Waals surface area contributed by atoms with E-state index in [9.17, 15) is 4.79 Å². The number of amides is 1. The zero-order valence-corrected chi connectivity index (χ0v) is 11.1. The van der Waals surface area contributed by atoms with Crippen molar-refractivity contribution in [2.24, 2.45) is 7.05 Å². The SMILES string of the molecule is COc1ccc(OC)c(NC(=O)c2ccn(C)c2)c1. The molecule has 0 saturated carbocycles. The normalized spacial score (nSPS) is 10.1. The average molecular weight is 260 g/mol. The third-order valence-electron chi connectivity index (χ3n) is 2.75. The number of rotatable bonds is 4. The first-order valence-electron chi connectivity index (χ1n) is 5.79. The van der Waals surface area contributed by atoms with E-state index in [1.165, 1.54) is 0 Å². The van der Waals surface area contributed by atoms with Gasteiger partial charge in [0.15, 0.2) is 0 Å². The van der Waals surface area contributed by atoms with Gasteiger partial charge in [-0.15, -0.1) is 0 Å². The molecule has 1 amide bonds. The Hall–Kier alpha value is -2.43. The number of methoxy groups -OCH3 is 2. The number of anilines is 1. The van der Waals surface area contributed by atoms with Gasteiger partial charge in [-0.1, -0.05) is 0 Å². The molecule has 1 N–H and O–H groups in total. The van der Waals surface area contributed by atoms with E-state index in [0.717, 1.165) is 0 Å². The molecule has 5 nitrogen and oxygen atoms in total. The van der Waals surface area contributed by atoms with Crippen LogP contribution in [0.25, 0.3) is 0 Å². The highest BCUT2D eigenvalue weighted by atomic mass is 16.5. The number of ether oxygens (including phenoxy) is 2. The van der Waals surface area contributed by atoms with Crippen molar-refractivity contribution >= 4 is 11.6 Å². The molecule has 0 unspecified atom stereocenters. The Balaban J connectivity index is 2.24. The van der Waals surface area contributed by atoms with Crippen molar-refractivity contribution in [2.75, 3.05) is 19.5 Å². The Labute approximate surface area is 111 Å². The van der Waals surface area contributed by atoms with Crippen molar-refractivity contribution in [3.63, 3.8) is 0 Å². The first-order valence-corrected chi connectivity index (χ1v) is 5.79. The van der Waals surface area contributed by atoms with Crippen molar-refractivity contribution in [1.82, 2.24) is 4.57 Å². The molecule has 19 heavy (non-hydrogen) atoms. The number of aryl methyl sites for hydroxylation is 1. The second kappa shape index (κ2) is 5.48. The largest absolute Gasteiger partial charge is 0.497 e. The summed E-state index contributed by atoms with van der Waals surface area (Å²) in [5, 5.41) is 2.81. The van der Waals surface area contributed by atoms with E-state index in [0.29, 0.717) is 22.7 Å². The molecule has 2 aromatic rings. The fourth-order valence-electron chi connectivity index (χ4n) is 1.74. The van der Waals surface area contributed by atoms with E-state index >= 15 is 0 Å². The maximum Gasteiger partial charge on any atom is 0.257 e. The summed E-state index contributed by atoms with van der Waals surface area (Å²) >= 11 is 0. The fraction of sp³-hybridized carbons (Fsp3) is 0.214. The lowest BCUT2D eigenvalue weighted by Gasteiger charge is -2.11. The van der Waals surface area contributed by atoms with Crippen molar-refractivity contribution in [3.05, 3.63) is 42.2 Å². The van der Waals surface area contributed by atoms with Crippen LogP contribution in [-0.2, 0) is 7.05 Å². The van der Waals surface area contributed by atoms with Crippen molar-refractivity contribution < 1.29 is 14.3 Å².